The summed E-state index contributed by atoms with van der Waals surface area (Å²) in [6.45, 7) is 6.56. The van der Waals surface area contributed by atoms with Gasteiger partial charge in [0.2, 0.25) is 5.95 Å². The molecule has 1 aliphatic rings. The minimum absolute atomic E-state index is 0. The SMILES string of the molecule is CN=C(NCCCNC(=O)c1occc1C)N1CCN(c2ncccn2)CC1.I. The van der Waals surface area contributed by atoms with Gasteiger partial charge in [0.15, 0.2) is 11.7 Å². The Bertz CT molecular complexity index is 789. The molecule has 0 atom stereocenters. The number of carbonyl (C=O) groups excluding carboxylic acids is 1. The van der Waals surface area contributed by atoms with Gasteiger partial charge < -0.3 is 24.9 Å². The third-order valence-corrected chi connectivity index (χ3v) is 4.62. The second-order valence-electron chi connectivity index (χ2n) is 6.54. The van der Waals surface area contributed by atoms with Gasteiger partial charge in [0, 0.05) is 64.3 Å². The van der Waals surface area contributed by atoms with Crippen molar-refractivity contribution < 1.29 is 9.21 Å². The minimum atomic E-state index is -0.175. The first-order valence-corrected chi connectivity index (χ1v) is 9.49. The van der Waals surface area contributed by atoms with Crippen LogP contribution in [0.2, 0.25) is 0 Å². The number of hydrogen-bond donors (Lipinski definition) is 2. The Kier molecular flexibility index (Phi) is 9.16. The Morgan fingerprint density at radius 3 is 2.48 bits per heavy atom. The first-order chi connectivity index (χ1) is 13.7. The lowest BCUT2D eigenvalue weighted by Crippen LogP contribution is -2.53. The minimum Gasteiger partial charge on any atom is -0.459 e. The van der Waals surface area contributed by atoms with Crippen LogP contribution >= 0.6 is 24.0 Å². The predicted octanol–water partition coefficient (Wildman–Crippen LogP) is 1.51. The summed E-state index contributed by atoms with van der Waals surface area (Å²) in [5, 5.41) is 6.24. The average Bonchev–Trinajstić information content (AvgIpc) is 3.17. The van der Waals surface area contributed by atoms with Crippen LogP contribution in [0.25, 0.3) is 0 Å². The van der Waals surface area contributed by atoms with Crippen LogP contribution in [0.5, 0.6) is 0 Å². The van der Waals surface area contributed by atoms with Gasteiger partial charge in [0.05, 0.1) is 6.26 Å². The summed E-state index contributed by atoms with van der Waals surface area (Å²) in [6.07, 6.45) is 5.85. The monoisotopic (exact) mass is 513 g/mol. The van der Waals surface area contributed by atoms with Crippen LogP contribution in [-0.4, -0.2) is 73.1 Å². The van der Waals surface area contributed by atoms with E-state index in [0.717, 1.165) is 56.6 Å². The van der Waals surface area contributed by atoms with Crippen molar-refractivity contribution in [1.29, 1.82) is 0 Å². The Morgan fingerprint density at radius 2 is 1.86 bits per heavy atom. The number of furan rings is 1. The van der Waals surface area contributed by atoms with Crippen molar-refractivity contribution in [3.8, 4) is 0 Å². The van der Waals surface area contributed by atoms with E-state index in [2.05, 4.69) is 35.4 Å². The van der Waals surface area contributed by atoms with Crippen molar-refractivity contribution in [2.24, 2.45) is 4.99 Å². The Hall–Kier alpha value is -2.37. The number of guanidine groups is 1. The lowest BCUT2D eigenvalue weighted by atomic mass is 10.2. The number of carbonyl (C=O) groups is 1. The maximum atomic E-state index is 12.0. The third kappa shape index (κ3) is 6.31. The van der Waals surface area contributed by atoms with Crippen LogP contribution in [0.15, 0.2) is 40.2 Å². The highest BCUT2D eigenvalue weighted by Gasteiger charge is 2.20. The second-order valence-corrected chi connectivity index (χ2v) is 6.54. The van der Waals surface area contributed by atoms with Gasteiger partial charge in [-0.3, -0.25) is 9.79 Å². The third-order valence-electron chi connectivity index (χ3n) is 4.62. The van der Waals surface area contributed by atoms with Crippen LogP contribution in [0.4, 0.5) is 5.95 Å². The zero-order chi connectivity index (χ0) is 19.8. The van der Waals surface area contributed by atoms with Gasteiger partial charge in [0.1, 0.15) is 0 Å². The number of aliphatic imine (C=N–C) groups is 1. The number of nitrogens with zero attached hydrogens (tertiary/aromatic N) is 5. The molecule has 3 rings (SSSR count). The summed E-state index contributed by atoms with van der Waals surface area (Å²) < 4.78 is 5.19. The van der Waals surface area contributed by atoms with Crippen LogP contribution < -0.4 is 15.5 Å². The van der Waals surface area contributed by atoms with Crippen LogP contribution in [0.3, 0.4) is 0 Å². The summed E-state index contributed by atoms with van der Waals surface area (Å²) in [5.41, 5.74) is 0.844. The fraction of sp³-hybridized carbons (Fsp3) is 0.474. The number of amides is 1. The standard InChI is InChI=1S/C19H27N7O2.HI/c1-15-5-14-28-16(15)17(27)21-6-3-7-22-18(20-2)25-10-12-26(13-11-25)19-23-8-4-9-24-19;/h4-5,8-9,14H,3,6-7,10-13H2,1-2H3,(H,20,22)(H,21,27);1H. The summed E-state index contributed by atoms with van der Waals surface area (Å²) in [4.78, 5) is 29.4. The van der Waals surface area contributed by atoms with Gasteiger partial charge in [-0.1, -0.05) is 0 Å². The quantitative estimate of drug-likeness (QED) is 0.262. The fourth-order valence-electron chi connectivity index (χ4n) is 3.08. The molecule has 1 aliphatic heterocycles. The number of aromatic nitrogens is 2. The van der Waals surface area contributed by atoms with Gasteiger partial charge in [-0.15, -0.1) is 24.0 Å². The number of nitrogens with one attached hydrogen (secondary N) is 2. The van der Waals surface area contributed by atoms with E-state index in [9.17, 15) is 4.79 Å². The number of aryl methyl sites for hydroxylation is 1. The number of halogens is 1. The summed E-state index contributed by atoms with van der Waals surface area (Å²) >= 11 is 0. The average molecular weight is 513 g/mol. The Labute approximate surface area is 188 Å². The van der Waals surface area contributed by atoms with Crippen molar-refractivity contribution in [3.05, 3.63) is 42.1 Å². The maximum Gasteiger partial charge on any atom is 0.287 e. The second kappa shape index (κ2) is 11.6. The molecule has 0 bridgehead atoms. The Balaban J connectivity index is 0.00000300. The van der Waals surface area contributed by atoms with E-state index in [1.54, 1.807) is 25.5 Å². The first-order valence-electron chi connectivity index (χ1n) is 9.49. The van der Waals surface area contributed by atoms with E-state index in [1.165, 1.54) is 6.26 Å². The van der Waals surface area contributed by atoms with Crippen molar-refractivity contribution in [3.63, 3.8) is 0 Å². The van der Waals surface area contributed by atoms with E-state index in [-0.39, 0.29) is 29.9 Å². The molecule has 0 aromatic carbocycles. The number of rotatable bonds is 6. The Morgan fingerprint density at radius 1 is 1.17 bits per heavy atom. The predicted molar refractivity (Wildman–Crippen MR) is 123 cm³/mol. The fourth-order valence-corrected chi connectivity index (χ4v) is 3.08. The van der Waals surface area contributed by atoms with Crippen LogP contribution in [0, 0.1) is 6.92 Å². The summed E-state index contributed by atoms with van der Waals surface area (Å²) in [6, 6.07) is 3.61. The topological polar surface area (TPSA) is 98.9 Å². The number of hydrogen-bond acceptors (Lipinski definition) is 6. The largest absolute Gasteiger partial charge is 0.459 e. The number of piperazine rings is 1. The highest BCUT2D eigenvalue weighted by Crippen LogP contribution is 2.10. The van der Waals surface area contributed by atoms with E-state index < -0.39 is 0 Å². The lowest BCUT2D eigenvalue weighted by Gasteiger charge is -2.36. The zero-order valence-electron chi connectivity index (χ0n) is 16.8. The molecule has 1 saturated heterocycles. The summed E-state index contributed by atoms with van der Waals surface area (Å²) in [5.74, 6) is 1.85. The lowest BCUT2D eigenvalue weighted by molar-refractivity contribution is 0.0925. The molecule has 0 saturated carbocycles. The van der Waals surface area contributed by atoms with Gasteiger partial charge in [-0.05, 0) is 25.5 Å². The number of anilines is 1. The van der Waals surface area contributed by atoms with E-state index >= 15 is 0 Å². The van der Waals surface area contributed by atoms with Gasteiger partial charge in [0.25, 0.3) is 5.91 Å². The molecule has 1 amide bonds. The molecule has 158 valence electrons. The molecular formula is C19H28IN7O2. The molecule has 3 heterocycles. The van der Waals surface area contributed by atoms with Crippen molar-refractivity contribution in [1.82, 2.24) is 25.5 Å². The maximum absolute atomic E-state index is 12.0. The molecule has 9 nitrogen and oxygen atoms in total. The molecule has 0 radical (unpaired) electrons. The highest BCUT2D eigenvalue weighted by molar-refractivity contribution is 14.0. The summed E-state index contributed by atoms with van der Waals surface area (Å²) in [7, 11) is 1.79. The smallest absolute Gasteiger partial charge is 0.287 e. The molecular weight excluding hydrogens is 485 g/mol. The molecule has 0 aliphatic carbocycles. The molecule has 0 unspecified atom stereocenters. The molecule has 29 heavy (non-hydrogen) atoms. The molecule has 1 fully saturated rings. The van der Waals surface area contributed by atoms with Gasteiger partial charge in [-0.25, -0.2) is 9.97 Å². The van der Waals surface area contributed by atoms with Crippen molar-refractivity contribution in [2.45, 2.75) is 13.3 Å². The van der Waals surface area contributed by atoms with E-state index in [1.807, 2.05) is 13.0 Å². The van der Waals surface area contributed by atoms with Crippen molar-refractivity contribution in [2.75, 3.05) is 51.2 Å². The molecule has 0 spiro atoms. The highest BCUT2D eigenvalue weighted by atomic mass is 127. The first kappa shape index (κ1) is 22.9. The van der Waals surface area contributed by atoms with Crippen LogP contribution in [0.1, 0.15) is 22.5 Å². The van der Waals surface area contributed by atoms with E-state index in [4.69, 9.17) is 4.42 Å². The molecule has 2 aromatic heterocycles. The van der Waals surface area contributed by atoms with Crippen LogP contribution in [-0.2, 0) is 0 Å². The molecule has 2 aromatic rings. The van der Waals surface area contributed by atoms with Crippen molar-refractivity contribution >= 4 is 41.8 Å². The van der Waals surface area contributed by atoms with Gasteiger partial charge >= 0.3 is 0 Å². The molecule has 2 N–H and O–H groups in total. The zero-order valence-corrected chi connectivity index (χ0v) is 19.1. The van der Waals surface area contributed by atoms with E-state index in [0.29, 0.717) is 12.3 Å². The molecule has 10 heteroatoms. The normalized spacial score (nSPS) is 14.3. The van der Waals surface area contributed by atoms with Gasteiger partial charge in [-0.2, -0.15) is 0 Å².